The van der Waals surface area contributed by atoms with Crippen LogP contribution in [0.25, 0.3) is 0 Å². The maximum atomic E-state index is 12.5. The van der Waals surface area contributed by atoms with Gasteiger partial charge in [0.15, 0.2) is 5.78 Å². The zero-order valence-corrected chi connectivity index (χ0v) is 11.7. The number of phenols is 3. The van der Waals surface area contributed by atoms with Crippen molar-refractivity contribution in [3.8, 4) is 17.2 Å². The summed E-state index contributed by atoms with van der Waals surface area (Å²) in [5.41, 5.74) is -0.712. The number of aliphatic hydroxyl groups excluding tert-OH is 1. The van der Waals surface area contributed by atoms with Gasteiger partial charge in [0.1, 0.15) is 22.3 Å². The summed E-state index contributed by atoms with van der Waals surface area (Å²) in [5, 5.41) is 38.2. The highest BCUT2D eigenvalue weighted by atomic mass is 35.5. The standard InChI is InChI=1S/C15H9ClO6/c16-12-9(19)3-7-11(15(12)22)14(21)10-6(13(7)20)1-5(4-17)2-8(10)18/h1-3,17-19,22H,4H2. The normalized spacial score (nSPS) is 13.0. The zero-order chi connectivity index (χ0) is 16.2. The topological polar surface area (TPSA) is 115 Å². The summed E-state index contributed by atoms with van der Waals surface area (Å²) in [4.78, 5) is 25.0. The number of ketones is 2. The van der Waals surface area contributed by atoms with Crippen LogP contribution in [0.1, 0.15) is 37.4 Å². The van der Waals surface area contributed by atoms with E-state index in [0.29, 0.717) is 0 Å². The SMILES string of the molecule is O=C1c2cc(CO)cc(O)c2C(=O)c2c1cc(O)c(Cl)c2O. The number of benzene rings is 2. The van der Waals surface area contributed by atoms with Crippen LogP contribution < -0.4 is 0 Å². The van der Waals surface area contributed by atoms with Gasteiger partial charge in [-0.05, 0) is 23.8 Å². The minimum atomic E-state index is -0.786. The molecule has 0 unspecified atom stereocenters. The van der Waals surface area contributed by atoms with Crippen molar-refractivity contribution in [2.45, 2.75) is 6.61 Å². The van der Waals surface area contributed by atoms with Crippen LogP contribution in [0, 0.1) is 0 Å². The van der Waals surface area contributed by atoms with Crippen molar-refractivity contribution in [2.24, 2.45) is 0 Å². The third-order valence-corrected chi connectivity index (χ3v) is 3.90. The van der Waals surface area contributed by atoms with E-state index in [1.165, 1.54) is 6.07 Å². The number of aliphatic hydroxyl groups is 1. The first-order valence-corrected chi connectivity index (χ1v) is 6.55. The lowest BCUT2D eigenvalue weighted by molar-refractivity contribution is 0.0973. The minimum absolute atomic E-state index is 0.109. The molecular weight excluding hydrogens is 312 g/mol. The molecule has 0 heterocycles. The predicted octanol–water partition coefficient (Wildman–Crippen LogP) is 1.72. The van der Waals surface area contributed by atoms with E-state index in [9.17, 15) is 24.9 Å². The van der Waals surface area contributed by atoms with Gasteiger partial charge < -0.3 is 20.4 Å². The number of hydrogen-bond acceptors (Lipinski definition) is 6. The Hall–Kier alpha value is -2.57. The molecule has 0 radical (unpaired) electrons. The fourth-order valence-electron chi connectivity index (χ4n) is 2.50. The van der Waals surface area contributed by atoms with Crippen LogP contribution in [0.5, 0.6) is 17.2 Å². The molecule has 112 valence electrons. The number of rotatable bonds is 1. The molecule has 0 aliphatic heterocycles. The molecule has 0 spiro atoms. The van der Waals surface area contributed by atoms with Gasteiger partial charge in [-0.3, -0.25) is 9.59 Å². The molecule has 6 nitrogen and oxygen atoms in total. The van der Waals surface area contributed by atoms with Gasteiger partial charge in [0.25, 0.3) is 0 Å². The average molecular weight is 321 g/mol. The second kappa shape index (κ2) is 4.72. The first kappa shape index (κ1) is 14.4. The van der Waals surface area contributed by atoms with E-state index in [-0.39, 0.29) is 27.8 Å². The van der Waals surface area contributed by atoms with Gasteiger partial charge in [0.05, 0.1) is 17.7 Å². The zero-order valence-electron chi connectivity index (χ0n) is 10.9. The summed E-state index contributed by atoms with van der Waals surface area (Å²) in [6.45, 7) is -0.424. The Morgan fingerprint density at radius 3 is 2.14 bits per heavy atom. The Labute approximate surface area is 128 Å². The van der Waals surface area contributed by atoms with Gasteiger partial charge in [-0.25, -0.2) is 0 Å². The van der Waals surface area contributed by atoms with Crippen molar-refractivity contribution >= 4 is 23.2 Å². The average Bonchev–Trinajstić information content (AvgIpc) is 2.49. The number of carbonyl (C=O) groups is 2. The Kier molecular flexibility index (Phi) is 3.09. The predicted molar refractivity (Wildman–Crippen MR) is 75.7 cm³/mol. The third-order valence-electron chi connectivity index (χ3n) is 3.52. The molecule has 0 atom stereocenters. The second-order valence-corrected chi connectivity index (χ2v) is 5.21. The van der Waals surface area contributed by atoms with E-state index < -0.39 is 40.4 Å². The molecule has 0 saturated carbocycles. The summed E-state index contributed by atoms with van der Waals surface area (Å²) in [6, 6.07) is 3.43. The van der Waals surface area contributed by atoms with Gasteiger partial charge >= 0.3 is 0 Å². The monoisotopic (exact) mass is 320 g/mol. The summed E-state index contributed by atoms with van der Waals surface area (Å²) < 4.78 is 0. The van der Waals surface area contributed by atoms with E-state index in [1.54, 1.807) is 0 Å². The van der Waals surface area contributed by atoms with Crippen molar-refractivity contribution in [1.82, 2.24) is 0 Å². The summed E-state index contributed by atoms with van der Waals surface area (Å²) in [5.74, 6) is -3.19. The molecule has 0 bridgehead atoms. The van der Waals surface area contributed by atoms with Crippen LogP contribution in [0.2, 0.25) is 5.02 Å². The van der Waals surface area contributed by atoms with Crippen LogP contribution in [0.3, 0.4) is 0 Å². The molecule has 2 aromatic carbocycles. The first-order valence-electron chi connectivity index (χ1n) is 6.17. The summed E-state index contributed by atoms with van der Waals surface area (Å²) >= 11 is 5.68. The van der Waals surface area contributed by atoms with Crippen molar-refractivity contribution in [3.05, 3.63) is 51.0 Å². The van der Waals surface area contributed by atoms with Crippen LogP contribution in [0.15, 0.2) is 18.2 Å². The Morgan fingerprint density at radius 2 is 1.50 bits per heavy atom. The third kappa shape index (κ3) is 1.78. The maximum absolute atomic E-state index is 12.5. The summed E-state index contributed by atoms with van der Waals surface area (Å²) in [7, 11) is 0. The van der Waals surface area contributed by atoms with Crippen LogP contribution in [-0.2, 0) is 6.61 Å². The molecule has 0 aromatic heterocycles. The lowest BCUT2D eigenvalue weighted by atomic mass is 9.82. The molecule has 1 aliphatic rings. The van der Waals surface area contributed by atoms with Crippen molar-refractivity contribution in [3.63, 3.8) is 0 Å². The molecule has 22 heavy (non-hydrogen) atoms. The lowest BCUT2D eigenvalue weighted by Gasteiger charge is -2.20. The molecule has 0 amide bonds. The largest absolute Gasteiger partial charge is 0.507 e. The summed E-state index contributed by atoms with van der Waals surface area (Å²) in [6.07, 6.45) is 0. The minimum Gasteiger partial charge on any atom is -0.507 e. The van der Waals surface area contributed by atoms with Crippen LogP contribution in [-0.4, -0.2) is 32.0 Å². The quantitative estimate of drug-likeness (QED) is 0.543. The van der Waals surface area contributed by atoms with Crippen molar-refractivity contribution in [2.75, 3.05) is 0 Å². The highest BCUT2D eigenvalue weighted by Gasteiger charge is 2.36. The van der Waals surface area contributed by atoms with Gasteiger partial charge in [-0.2, -0.15) is 0 Å². The maximum Gasteiger partial charge on any atom is 0.202 e. The van der Waals surface area contributed by atoms with E-state index in [2.05, 4.69) is 0 Å². The smallest absolute Gasteiger partial charge is 0.202 e. The highest BCUT2D eigenvalue weighted by Crippen LogP contribution is 2.43. The number of halogens is 1. The molecule has 0 saturated heterocycles. The second-order valence-electron chi connectivity index (χ2n) is 4.83. The number of fused-ring (bicyclic) bond motifs is 2. The van der Waals surface area contributed by atoms with E-state index >= 15 is 0 Å². The Morgan fingerprint density at radius 1 is 0.864 bits per heavy atom. The van der Waals surface area contributed by atoms with Gasteiger partial charge in [-0.1, -0.05) is 11.6 Å². The molecule has 2 aromatic rings. The van der Waals surface area contributed by atoms with Crippen molar-refractivity contribution < 1.29 is 30.0 Å². The number of carbonyl (C=O) groups excluding carboxylic acids is 2. The fraction of sp³-hybridized carbons (Fsp3) is 0.0667. The molecular formula is C15H9ClO6. The number of phenolic OH excluding ortho intramolecular Hbond substituents is 3. The molecule has 0 fully saturated rings. The van der Waals surface area contributed by atoms with E-state index in [4.69, 9.17) is 16.7 Å². The Bertz CT molecular complexity index is 856. The first-order chi connectivity index (χ1) is 10.4. The van der Waals surface area contributed by atoms with Gasteiger partial charge in [0.2, 0.25) is 5.78 Å². The van der Waals surface area contributed by atoms with Crippen LogP contribution in [0.4, 0.5) is 0 Å². The molecule has 7 heteroatoms. The fourth-order valence-corrected chi connectivity index (χ4v) is 2.65. The highest BCUT2D eigenvalue weighted by molar-refractivity contribution is 6.37. The lowest BCUT2D eigenvalue weighted by Crippen LogP contribution is -2.21. The van der Waals surface area contributed by atoms with Gasteiger partial charge in [0, 0.05) is 11.1 Å². The molecule has 1 aliphatic carbocycles. The molecule has 3 rings (SSSR count). The number of aromatic hydroxyl groups is 3. The van der Waals surface area contributed by atoms with Gasteiger partial charge in [-0.15, -0.1) is 0 Å². The van der Waals surface area contributed by atoms with E-state index in [1.807, 2.05) is 0 Å². The van der Waals surface area contributed by atoms with Crippen molar-refractivity contribution in [1.29, 1.82) is 0 Å². The Balaban J connectivity index is 2.38. The number of hydrogen-bond donors (Lipinski definition) is 4. The van der Waals surface area contributed by atoms with E-state index in [0.717, 1.165) is 12.1 Å². The molecule has 4 N–H and O–H groups in total. The van der Waals surface area contributed by atoms with Crippen LogP contribution >= 0.6 is 11.6 Å².